The van der Waals surface area contributed by atoms with Gasteiger partial charge >= 0.3 is 30.0 Å². The molecule has 43 heavy (non-hydrogen) atoms. The van der Waals surface area contributed by atoms with Crippen molar-refractivity contribution in [1.82, 2.24) is 10.6 Å². The molecule has 16 heteroatoms. The number of methoxy groups -OCH3 is 1. The number of alkyl carbamates (subject to hydrolysis) is 1. The predicted molar refractivity (Wildman–Crippen MR) is 148 cm³/mol. The number of carboxylic acid groups (broad SMARTS) is 2. The highest BCUT2D eigenvalue weighted by molar-refractivity contribution is 6.23. The smallest absolute Gasteiger partial charge is 0.407 e. The molecule has 0 unspecified atom stereocenters. The SMILES string of the molecule is COC(=O)CCCNC(=O)OCc1cccc(NC(=O)NC2C(=O)N(CC(=O)O)c3ccccc3N(CC(=O)O)C2=O)c1. The molecule has 5 amide bonds. The summed E-state index contributed by atoms with van der Waals surface area (Å²) in [5.74, 6) is -5.37. The van der Waals surface area contributed by atoms with Crippen LogP contribution in [0.5, 0.6) is 0 Å². The van der Waals surface area contributed by atoms with Crippen molar-refractivity contribution in [2.75, 3.05) is 41.9 Å². The van der Waals surface area contributed by atoms with E-state index in [-0.39, 0.29) is 36.6 Å². The van der Waals surface area contributed by atoms with Gasteiger partial charge in [0.2, 0.25) is 0 Å². The topological polar surface area (TPSA) is 221 Å². The van der Waals surface area contributed by atoms with E-state index in [4.69, 9.17) is 4.74 Å². The Hall–Kier alpha value is -5.67. The van der Waals surface area contributed by atoms with Gasteiger partial charge in [0.1, 0.15) is 19.7 Å². The lowest BCUT2D eigenvalue weighted by Crippen LogP contribution is -2.57. The van der Waals surface area contributed by atoms with E-state index in [9.17, 15) is 43.8 Å². The summed E-state index contributed by atoms with van der Waals surface area (Å²) in [6.07, 6.45) is -0.243. The van der Waals surface area contributed by atoms with Crippen molar-refractivity contribution >= 4 is 58.9 Å². The lowest BCUT2D eigenvalue weighted by Gasteiger charge is -2.23. The number of nitrogens with one attached hydrogen (secondary N) is 3. The van der Waals surface area contributed by atoms with Crippen LogP contribution in [0.15, 0.2) is 48.5 Å². The Morgan fingerprint density at radius 2 is 1.49 bits per heavy atom. The summed E-state index contributed by atoms with van der Waals surface area (Å²) in [6, 6.07) is 8.80. The molecule has 1 aliphatic rings. The molecule has 16 nitrogen and oxygen atoms in total. The number of esters is 1. The van der Waals surface area contributed by atoms with Crippen LogP contribution in [0.4, 0.5) is 26.7 Å². The zero-order chi connectivity index (χ0) is 31.5. The second-order valence-corrected chi connectivity index (χ2v) is 9.04. The van der Waals surface area contributed by atoms with E-state index in [1.54, 1.807) is 12.1 Å². The number of anilines is 3. The van der Waals surface area contributed by atoms with Crippen molar-refractivity contribution in [2.24, 2.45) is 0 Å². The molecule has 2 aromatic carbocycles. The molecule has 3 rings (SSSR count). The van der Waals surface area contributed by atoms with Crippen LogP contribution in [0.1, 0.15) is 18.4 Å². The Balaban J connectivity index is 1.69. The van der Waals surface area contributed by atoms with E-state index in [1.807, 2.05) is 0 Å². The summed E-state index contributed by atoms with van der Waals surface area (Å²) in [5, 5.41) is 25.9. The van der Waals surface area contributed by atoms with Gasteiger partial charge in [0.25, 0.3) is 11.8 Å². The molecular formula is C27H29N5O11. The number of carbonyl (C=O) groups is 7. The average Bonchev–Trinajstić information content (AvgIpc) is 3.04. The van der Waals surface area contributed by atoms with Crippen LogP contribution in [0.3, 0.4) is 0 Å². The number of rotatable bonds is 12. The number of carbonyl (C=O) groups excluding carboxylic acids is 5. The van der Waals surface area contributed by atoms with Crippen LogP contribution in [0.25, 0.3) is 0 Å². The fraction of sp³-hybridized carbons (Fsp3) is 0.296. The van der Waals surface area contributed by atoms with E-state index in [0.717, 1.165) is 9.80 Å². The second kappa shape index (κ2) is 14.8. The highest BCUT2D eigenvalue weighted by Crippen LogP contribution is 2.33. The average molecular weight is 600 g/mol. The van der Waals surface area contributed by atoms with E-state index in [1.165, 1.54) is 43.5 Å². The van der Waals surface area contributed by atoms with Gasteiger partial charge in [-0.3, -0.25) is 33.8 Å². The van der Waals surface area contributed by atoms with Crippen LogP contribution in [0, 0.1) is 0 Å². The van der Waals surface area contributed by atoms with Crippen molar-refractivity contribution in [3.05, 3.63) is 54.1 Å². The molecule has 228 valence electrons. The van der Waals surface area contributed by atoms with Gasteiger partial charge < -0.3 is 35.6 Å². The first-order valence-corrected chi connectivity index (χ1v) is 12.8. The van der Waals surface area contributed by atoms with Crippen molar-refractivity contribution < 1.29 is 53.2 Å². The van der Waals surface area contributed by atoms with Gasteiger partial charge in [0.05, 0.1) is 18.5 Å². The van der Waals surface area contributed by atoms with Crippen LogP contribution in [0.2, 0.25) is 0 Å². The number of ether oxygens (including phenoxy) is 2. The standard InChI is InChI=1S/C27H29N5O11/c1-42-22(37)10-5-11-28-27(41)43-15-16-6-4-7-17(12-16)29-26(40)30-23-24(38)31(13-20(33)34)18-8-2-3-9-19(18)32(25(23)39)14-21(35)36/h2-4,6-9,12,23H,5,10-11,13-15H2,1H3,(H,28,41)(H,33,34)(H,35,36)(H2,29,30,40). The summed E-state index contributed by atoms with van der Waals surface area (Å²) >= 11 is 0. The van der Waals surface area contributed by atoms with Crippen molar-refractivity contribution in [1.29, 1.82) is 0 Å². The second-order valence-electron chi connectivity index (χ2n) is 9.04. The van der Waals surface area contributed by atoms with E-state index in [0.29, 0.717) is 12.0 Å². The maximum absolute atomic E-state index is 13.4. The normalized spacial score (nSPS) is 13.0. The summed E-state index contributed by atoms with van der Waals surface area (Å²) in [6.45, 7) is -1.70. The molecular weight excluding hydrogens is 570 g/mol. The van der Waals surface area contributed by atoms with Gasteiger partial charge in [-0.15, -0.1) is 0 Å². The third-order valence-electron chi connectivity index (χ3n) is 5.96. The minimum Gasteiger partial charge on any atom is -0.480 e. The fourth-order valence-electron chi connectivity index (χ4n) is 4.06. The monoisotopic (exact) mass is 599 g/mol. The minimum absolute atomic E-state index is 0.0191. The lowest BCUT2D eigenvalue weighted by atomic mass is 10.2. The number of para-hydroxylation sites is 2. The maximum atomic E-state index is 13.4. The Kier molecular flexibility index (Phi) is 11.0. The molecule has 0 fully saturated rings. The fourth-order valence-corrected chi connectivity index (χ4v) is 4.06. The van der Waals surface area contributed by atoms with Gasteiger partial charge in [0, 0.05) is 18.7 Å². The summed E-state index contributed by atoms with van der Waals surface area (Å²) < 4.78 is 9.62. The van der Waals surface area contributed by atoms with Crippen molar-refractivity contribution in [3.63, 3.8) is 0 Å². The number of nitrogens with zero attached hydrogens (tertiary/aromatic N) is 2. The molecule has 0 aliphatic carbocycles. The largest absolute Gasteiger partial charge is 0.480 e. The molecule has 1 heterocycles. The zero-order valence-electron chi connectivity index (χ0n) is 22.9. The van der Waals surface area contributed by atoms with E-state index < -0.39 is 61.0 Å². The van der Waals surface area contributed by atoms with Crippen LogP contribution in [-0.2, 0) is 40.1 Å². The molecule has 0 atom stereocenters. The van der Waals surface area contributed by atoms with Gasteiger partial charge in [-0.25, -0.2) is 9.59 Å². The molecule has 0 saturated carbocycles. The highest BCUT2D eigenvalue weighted by atomic mass is 16.5. The Morgan fingerprint density at radius 3 is 2.05 bits per heavy atom. The number of urea groups is 1. The first kappa shape index (κ1) is 31.9. The maximum Gasteiger partial charge on any atom is 0.407 e. The first-order valence-electron chi connectivity index (χ1n) is 12.8. The molecule has 2 aromatic rings. The van der Waals surface area contributed by atoms with Crippen LogP contribution in [-0.4, -0.2) is 84.8 Å². The van der Waals surface area contributed by atoms with E-state index in [2.05, 4.69) is 20.7 Å². The molecule has 5 N–H and O–H groups in total. The lowest BCUT2D eigenvalue weighted by molar-refractivity contribution is -0.140. The number of aliphatic carboxylic acids is 2. The van der Waals surface area contributed by atoms with Crippen LogP contribution < -0.4 is 25.8 Å². The minimum atomic E-state index is -1.96. The van der Waals surface area contributed by atoms with Crippen molar-refractivity contribution in [3.8, 4) is 0 Å². The highest BCUT2D eigenvalue weighted by Gasteiger charge is 2.42. The summed E-state index contributed by atoms with van der Waals surface area (Å²) in [5.41, 5.74) is 0.627. The van der Waals surface area contributed by atoms with E-state index >= 15 is 0 Å². The molecule has 0 aromatic heterocycles. The Labute approximate surface area is 244 Å². The summed E-state index contributed by atoms with van der Waals surface area (Å²) in [7, 11) is 1.26. The molecule has 0 spiro atoms. The number of amides is 5. The first-order chi connectivity index (χ1) is 20.5. The predicted octanol–water partition coefficient (Wildman–Crippen LogP) is 0.905. The number of fused-ring (bicyclic) bond motifs is 1. The molecule has 0 bridgehead atoms. The van der Waals surface area contributed by atoms with Crippen molar-refractivity contribution in [2.45, 2.75) is 25.5 Å². The quantitative estimate of drug-likeness (QED) is 0.131. The van der Waals surface area contributed by atoms with Gasteiger partial charge in [-0.05, 0) is 36.2 Å². The van der Waals surface area contributed by atoms with Gasteiger partial charge in [-0.2, -0.15) is 0 Å². The number of hydrogen-bond acceptors (Lipinski definition) is 9. The molecule has 0 saturated heterocycles. The van der Waals surface area contributed by atoms with Gasteiger partial charge in [0.15, 0.2) is 6.04 Å². The Bertz CT molecular complexity index is 1360. The van der Waals surface area contributed by atoms with Gasteiger partial charge in [-0.1, -0.05) is 24.3 Å². The zero-order valence-corrected chi connectivity index (χ0v) is 22.9. The molecule has 1 aliphatic heterocycles. The number of carboxylic acids is 2. The third-order valence-corrected chi connectivity index (χ3v) is 5.96. The molecule has 0 radical (unpaired) electrons. The Morgan fingerprint density at radius 1 is 0.884 bits per heavy atom. The third kappa shape index (κ3) is 8.91. The number of hydrogen-bond donors (Lipinski definition) is 5. The van der Waals surface area contributed by atoms with Crippen LogP contribution >= 0.6 is 0 Å². The number of benzene rings is 2. The summed E-state index contributed by atoms with van der Waals surface area (Å²) in [4.78, 5) is 87.3.